The summed E-state index contributed by atoms with van der Waals surface area (Å²) in [4.78, 5) is 0. The maximum Gasteiger partial charge on any atom is 0.281 e. The van der Waals surface area contributed by atoms with Gasteiger partial charge in [-0.1, -0.05) is 0 Å². The molecule has 1 aliphatic heterocycles. The molecule has 1 saturated heterocycles. The Balaban J connectivity index is 2.55. The van der Waals surface area contributed by atoms with Crippen LogP contribution in [0.4, 0.5) is 8.78 Å². The van der Waals surface area contributed by atoms with Gasteiger partial charge in [0, 0.05) is 20.1 Å². The molecule has 0 saturated carbocycles. The van der Waals surface area contributed by atoms with Crippen LogP contribution in [0.1, 0.15) is 12.8 Å². The highest BCUT2D eigenvalue weighted by molar-refractivity contribution is 7.86. The van der Waals surface area contributed by atoms with Crippen LogP contribution in [0.3, 0.4) is 0 Å². The molecule has 108 valence electrons. The number of hydrogen-bond acceptors (Lipinski definition) is 3. The van der Waals surface area contributed by atoms with Crippen LogP contribution in [0.25, 0.3) is 0 Å². The average molecular weight is 285 g/mol. The van der Waals surface area contributed by atoms with Crippen molar-refractivity contribution in [1.82, 2.24) is 13.9 Å². The van der Waals surface area contributed by atoms with Gasteiger partial charge in [-0.05, 0) is 32.4 Å². The molecule has 0 aliphatic carbocycles. The molecule has 0 aromatic rings. The van der Waals surface area contributed by atoms with E-state index >= 15 is 0 Å². The minimum atomic E-state index is -3.73. The highest BCUT2D eigenvalue weighted by Gasteiger charge is 2.31. The van der Waals surface area contributed by atoms with Crippen LogP contribution in [-0.2, 0) is 10.2 Å². The molecule has 5 nitrogen and oxygen atoms in total. The van der Waals surface area contributed by atoms with E-state index in [9.17, 15) is 17.2 Å². The lowest BCUT2D eigenvalue weighted by molar-refractivity contribution is 0.123. The molecule has 0 amide bonds. The summed E-state index contributed by atoms with van der Waals surface area (Å²) in [6.07, 6.45) is -1.11. The van der Waals surface area contributed by atoms with Crippen molar-refractivity contribution in [3.8, 4) is 0 Å². The van der Waals surface area contributed by atoms with Crippen molar-refractivity contribution in [3.05, 3.63) is 0 Å². The monoisotopic (exact) mass is 285 g/mol. The van der Waals surface area contributed by atoms with Gasteiger partial charge >= 0.3 is 0 Å². The van der Waals surface area contributed by atoms with Crippen LogP contribution in [-0.4, -0.2) is 63.7 Å². The zero-order valence-corrected chi connectivity index (χ0v) is 11.6. The van der Waals surface area contributed by atoms with Gasteiger partial charge in [0.25, 0.3) is 16.6 Å². The third kappa shape index (κ3) is 4.11. The van der Waals surface area contributed by atoms with Gasteiger partial charge in [0.1, 0.15) is 0 Å². The van der Waals surface area contributed by atoms with E-state index in [0.29, 0.717) is 19.0 Å². The molecule has 18 heavy (non-hydrogen) atoms. The van der Waals surface area contributed by atoms with Crippen molar-refractivity contribution in [1.29, 1.82) is 0 Å². The first-order valence-corrected chi connectivity index (χ1v) is 7.41. The second-order valence-corrected chi connectivity index (χ2v) is 6.61. The van der Waals surface area contributed by atoms with Crippen molar-refractivity contribution < 1.29 is 17.2 Å². The van der Waals surface area contributed by atoms with Crippen LogP contribution in [0, 0.1) is 5.92 Å². The van der Waals surface area contributed by atoms with Gasteiger partial charge in [-0.25, -0.2) is 8.78 Å². The lowest BCUT2D eigenvalue weighted by Gasteiger charge is -2.33. The lowest BCUT2D eigenvalue weighted by atomic mass is 9.98. The van der Waals surface area contributed by atoms with Crippen molar-refractivity contribution in [2.75, 3.05) is 40.3 Å². The van der Waals surface area contributed by atoms with Crippen molar-refractivity contribution >= 4 is 10.2 Å². The second-order valence-electron chi connectivity index (χ2n) is 4.58. The number of rotatable bonds is 6. The zero-order valence-electron chi connectivity index (χ0n) is 10.8. The fraction of sp³-hybridized carbons (Fsp3) is 1.00. The first kappa shape index (κ1) is 15.7. The Labute approximate surface area is 107 Å². The van der Waals surface area contributed by atoms with Gasteiger partial charge in [-0.3, -0.25) is 0 Å². The summed E-state index contributed by atoms with van der Waals surface area (Å²) in [7, 11) is -0.673. The van der Waals surface area contributed by atoms with Crippen LogP contribution in [0.5, 0.6) is 0 Å². The number of nitrogens with zero attached hydrogens (tertiary/aromatic N) is 2. The molecule has 1 aliphatic rings. The summed E-state index contributed by atoms with van der Waals surface area (Å²) in [6.45, 7) is 0.921. The zero-order chi connectivity index (χ0) is 13.8. The van der Waals surface area contributed by atoms with E-state index < -0.39 is 23.2 Å². The number of alkyl halides is 2. The van der Waals surface area contributed by atoms with Gasteiger partial charge < -0.3 is 5.32 Å². The molecular formula is C10H21F2N3O2S. The molecular weight excluding hydrogens is 264 g/mol. The normalized spacial score (nSPS) is 19.9. The topological polar surface area (TPSA) is 52.7 Å². The van der Waals surface area contributed by atoms with E-state index in [4.69, 9.17) is 0 Å². The lowest BCUT2D eigenvalue weighted by Crippen LogP contribution is -2.47. The minimum absolute atomic E-state index is 0.405. The van der Waals surface area contributed by atoms with Crippen LogP contribution in [0.15, 0.2) is 0 Å². The minimum Gasteiger partial charge on any atom is -0.319 e. The largest absolute Gasteiger partial charge is 0.319 e. The predicted molar refractivity (Wildman–Crippen MR) is 65.8 cm³/mol. The average Bonchev–Trinajstić information content (AvgIpc) is 2.29. The van der Waals surface area contributed by atoms with Gasteiger partial charge in [0.15, 0.2) is 0 Å². The Kier molecular flexibility index (Phi) is 5.90. The first-order chi connectivity index (χ1) is 8.37. The van der Waals surface area contributed by atoms with Gasteiger partial charge in [-0.15, -0.1) is 0 Å². The summed E-state index contributed by atoms with van der Waals surface area (Å²) in [5.74, 6) is 0.460. The number of piperidine rings is 1. The molecule has 8 heteroatoms. The Morgan fingerprint density at radius 3 is 2.39 bits per heavy atom. The highest BCUT2D eigenvalue weighted by Crippen LogP contribution is 2.20. The van der Waals surface area contributed by atoms with Crippen molar-refractivity contribution in [3.63, 3.8) is 0 Å². The molecule has 1 N–H and O–H groups in total. The maximum absolute atomic E-state index is 12.2. The first-order valence-electron chi connectivity index (χ1n) is 6.02. The molecule has 0 aromatic heterocycles. The molecule has 0 radical (unpaired) electrons. The molecule has 1 heterocycles. The number of nitrogens with one attached hydrogen (secondary N) is 1. The molecule has 0 atom stereocenters. The molecule has 0 unspecified atom stereocenters. The molecule has 0 spiro atoms. The SMILES string of the molecule is CNCC1CCN(S(=O)(=O)N(C)CC(F)F)CC1. The Morgan fingerprint density at radius 1 is 1.39 bits per heavy atom. The third-order valence-corrected chi connectivity index (χ3v) is 5.14. The van der Waals surface area contributed by atoms with Crippen LogP contribution >= 0.6 is 0 Å². The fourth-order valence-electron chi connectivity index (χ4n) is 2.12. The Morgan fingerprint density at radius 2 is 1.94 bits per heavy atom. The van der Waals surface area contributed by atoms with E-state index in [1.807, 2.05) is 7.05 Å². The summed E-state index contributed by atoms with van der Waals surface area (Å²) in [6, 6.07) is 0. The fourth-order valence-corrected chi connectivity index (χ4v) is 3.49. The summed E-state index contributed by atoms with van der Waals surface area (Å²) < 4.78 is 50.4. The molecule has 1 rings (SSSR count). The van der Waals surface area contributed by atoms with E-state index in [1.165, 1.54) is 11.4 Å². The van der Waals surface area contributed by atoms with Crippen LogP contribution < -0.4 is 5.32 Å². The smallest absolute Gasteiger partial charge is 0.281 e. The van der Waals surface area contributed by atoms with Gasteiger partial charge in [0.2, 0.25) is 0 Å². The maximum atomic E-state index is 12.2. The van der Waals surface area contributed by atoms with E-state index in [1.54, 1.807) is 0 Å². The van der Waals surface area contributed by atoms with Gasteiger partial charge in [-0.2, -0.15) is 17.0 Å². The third-order valence-electron chi connectivity index (χ3n) is 3.18. The Hall–Kier alpha value is -0.310. The van der Waals surface area contributed by atoms with Crippen LogP contribution in [0.2, 0.25) is 0 Å². The second kappa shape index (κ2) is 6.74. The van der Waals surface area contributed by atoms with Crippen molar-refractivity contribution in [2.24, 2.45) is 5.92 Å². The number of hydrogen-bond donors (Lipinski definition) is 1. The quantitative estimate of drug-likeness (QED) is 0.766. The van der Waals surface area contributed by atoms with Crippen molar-refractivity contribution in [2.45, 2.75) is 19.3 Å². The summed E-state index contributed by atoms with van der Waals surface area (Å²) >= 11 is 0. The summed E-state index contributed by atoms with van der Waals surface area (Å²) in [5, 5.41) is 3.06. The number of halogens is 2. The van der Waals surface area contributed by atoms with E-state index in [-0.39, 0.29) is 0 Å². The predicted octanol–water partition coefficient (Wildman–Crippen LogP) is 0.360. The Bertz CT molecular complexity index is 343. The van der Waals surface area contributed by atoms with Gasteiger partial charge in [0.05, 0.1) is 6.54 Å². The highest BCUT2D eigenvalue weighted by atomic mass is 32.2. The summed E-state index contributed by atoms with van der Waals surface area (Å²) in [5.41, 5.74) is 0. The molecule has 1 fully saturated rings. The standard InChI is InChI=1S/C10H21F2N3O2S/c1-13-7-9-3-5-15(6-4-9)18(16,17)14(2)8-10(11)12/h9-10,13H,3-8H2,1-2H3. The van der Waals surface area contributed by atoms with E-state index in [0.717, 1.165) is 23.7 Å². The van der Waals surface area contributed by atoms with E-state index in [2.05, 4.69) is 5.32 Å². The molecule has 0 aromatic carbocycles. The molecule has 0 bridgehead atoms.